The fraction of sp³-hybridized carbons (Fsp3) is 0.333. The molecule has 0 saturated carbocycles. The summed E-state index contributed by atoms with van der Waals surface area (Å²) in [5.74, 6) is -0.451. The minimum atomic E-state index is -3.31. The first kappa shape index (κ1) is 20.1. The number of carbonyl (C=O) groups excluding carboxylic acids is 2. The van der Waals surface area contributed by atoms with Crippen LogP contribution in [-0.2, 0) is 19.4 Å². The molecule has 3 rings (SSSR count). The van der Waals surface area contributed by atoms with E-state index in [1.54, 1.807) is 24.3 Å². The van der Waals surface area contributed by atoms with Gasteiger partial charge in [0.05, 0.1) is 29.2 Å². The number of amides is 2. The van der Waals surface area contributed by atoms with E-state index in [0.29, 0.717) is 12.0 Å². The van der Waals surface area contributed by atoms with Gasteiger partial charge in [-0.25, -0.2) is 8.42 Å². The Labute approximate surface area is 165 Å². The van der Waals surface area contributed by atoms with Crippen molar-refractivity contribution < 1.29 is 18.0 Å². The van der Waals surface area contributed by atoms with Gasteiger partial charge in [-0.05, 0) is 30.5 Å². The summed E-state index contributed by atoms with van der Waals surface area (Å²) in [6.45, 7) is 3.39. The third-order valence-corrected chi connectivity index (χ3v) is 6.70. The van der Waals surface area contributed by atoms with Crippen molar-refractivity contribution in [2.75, 3.05) is 5.75 Å². The molecule has 0 aromatic heterocycles. The summed E-state index contributed by atoms with van der Waals surface area (Å²) in [5, 5.41) is 5.76. The Balaban J connectivity index is 1.76. The number of hydrogen-bond donors (Lipinski definition) is 2. The summed E-state index contributed by atoms with van der Waals surface area (Å²) < 4.78 is 24.5. The van der Waals surface area contributed by atoms with E-state index in [4.69, 9.17) is 0 Å². The number of fused-ring (bicyclic) bond motifs is 1. The number of rotatable bonds is 5. The van der Waals surface area contributed by atoms with Gasteiger partial charge >= 0.3 is 0 Å². The first-order valence-corrected chi connectivity index (χ1v) is 10.9. The smallest absolute Gasteiger partial charge is 0.222 e. The van der Waals surface area contributed by atoms with Gasteiger partial charge in [-0.3, -0.25) is 9.59 Å². The van der Waals surface area contributed by atoms with E-state index in [2.05, 4.69) is 10.6 Å². The lowest BCUT2D eigenvalue weighted by atomic mass is 10.00. The molecule has 0 unspecified atom stereocenters. The third kappa shape index (κ3) is 4.59. The second-order valence-electron chi connectivity index (χ2n) is 7.13. The zero-order valence-electron chi connectivity index (χ0n) is 15.9. The highest BCUT2D eigenvalue weighted by atomic mass is 32.2. The molecule has 6 nitrogen and oxygen atoms in total. The largest absolute Gasteiger partial charge is 0.349 e. The van der Waals surface area contributed by atoms with Crippen LogP contribution in [0.5, 0.6) is 0 Å². The van der Waals surface area contributed by atoms with Crippen LogP contribution in [0.15, 0.2) is 53.4 Å². The molecule has 0 aliphatic carbocycles. The van der Waals surface area contributed by atoms with Crippen LogP contribution in [-0.4, -0.2) is 26.0 Å². The van der Waals surface area contributed by atoms with E-state index >= 15 is 0 Å². The molecule has 0 saturated heterocycles. The summed E-state index contributed by atoms with van der Waals surface area (Å²) in [7, 11) is -3.31. The Morgan fingerprint density at radius 3 is 2.46 bits per heavy atom. The number of benzene rings is 2. The molecule has 28 heavy (non-hydrogen) atoms. The zero-order valence-corrected chi connectivity index (χ0v) is 16.8. The monoisotopic (exact) mass is 400 g/mol. The average molecular weight is 401 g/mol. The molecule has 2 atom stereocenters. The van der Waals surface area contributed by atoms with E-state index in [1.807, 2.05) is 31.2 Å². The number of aryl methyl sites for hydroxylation is 1. The minimum absolute atomic E-state index is 0.00203. The van der Waals surface area contributed by atoms with Gasteiger partial charge in [0, 0.05) is 6.92 Å². The quantitative estimate of drug-likeness (QED) is 0.807. The summed E-state index contributed by atoms with van der Waals surface area (Å²) in [6.07, 6.45) is 0.411. The van der Waals surface area contributed by atoms with Gasteiger partial charge in [0.15, 0.2) is 9.84 Å². The maximum absolute atomic E-state index is 12.7. The fourth-order valence-electron chi connectivity index (χ4n) is 3.48. The first-order chi connectivity index (χ1) is 13.3. The van der Waals surface area contributed by atoms with E-state index in [0.717, 1.165) is 11.1 Å². The Kier molecular flexibility index (Phi) is 5.84. The maximum Gasteiger partial charge on any atom is 0.222 e. The molecule has 0 bridgehead atoms. The van der Waals surface area contributed by atoms with E-state index < -0.39 is 15.9 Å². The molecule has 7 heteroatoms. The standard InChI is InChI=1S/C21H24N2O4S/c1-14-7-9-16(10-8-14)19(22-15(2)24)13-21(25)23-18-11-12-28(26,27)20-6-4-3-5-17(18)20/h3-10,18-19H,11-13H2,1-2H3,(H,22,24)(H,23,25)/t18-,19+/m1/s1. The molecular weight excluding hydrogens is 376 g/mol. The summed E-state index contributed by atoms with van der Waals surface area (Å²) in [4.78, 5) is 24.6. The van der Waals surface area contributed by atoms with Crippen LogP contribution in [0.1, 0.15) is 48.5 Å². The van der Waals surface area contributed by atoms with E-state index in [-0.39, 0.29) is 34.9 Å². The number of sulfone groups is 1. The topological polar surface area (TPSA) is 92.3 Å². The molecule has 2 aromatic rings. The highest BCUT2D eigenvalue weighted by Gasteiger charge is 2.31. The molecular formula is C21H24N2O4S. The van der Waals surface area contributed by atoms with E-state index in [9.17, 15) is 18.0 Å². The molecule has 1 heterocycles. The van der Waals surface area contributed by atoms with Gasteiger partial charge in [0.1, 0.15) is 0 Å². The fourth-order valence-corrected chi connectivity index (χ4v) is 5.10. The van der Waals surface area contributed by atoms with Crippen molar-refractivity contribution in [1.82, 2.24) is 10.6 Å². The van der Waals surface area contributed by atoms with Crippen LogP contribution in [0.4, 0.5) is 0 Å². The Bertz CT molecular complexity index is 984. The van der Waals surface area contributed by atoms with Gasteiger partial charge in [0.25, 0.3) is 0 Å². The normalized spacial score (nSPS) is 18.6. The Morgan fingerprint density at radius 1 is 1.11 bits per heavy atom. The average Bonchev–Trinajstić information content (AvgIpc) is 2.64. The lowest BCUT2D eigenvalue weighted by Crippen LogP contribution is -2.37. The molecule has 1 aliphatic rings. The molecule has 148 valence electrons. The van der Waals surface area contributed by atoms with Crippen molar-refractivity contribution in [2.45, 2.75) is 43.7 Å². The molecule has 2 N–H and O–H groups in total. The van der Waals surface area contributed by atoms with E-state index in [1.165, 1.54) is 6.92 Å². The summed E-state index contributed by atoms with van der Waals surface area (Å²) >= 11 is 0. The SMILES string of the molecule is CC(=O)N[C@@H](CC(=O)N[C@@H]1CCS(=O)(=O)c2ccccc21)c1ccc(C)cc1. The van der Waals surface area contributed by atoms with Crippen molar-refractivity contribution in [1.29, 1.82) is 0 Å². The predicted molar refractivity (Wildman–Crippen MR) is 106 cm³/mol. The van der Waals surface area contributed by atoms with Crippen molar-refractivity contribution in [3.63, 3.8) is 0 Å². The highest BCUT2D eigenvalue weighted by molar-refractivity contribution is 7.91. The van der Waals surface area contributed by atoms with Crippen LogP contribution in [0.2, 0.25) is 0 Å². The van der Waals surface area contributed by atoms with Crippen molar-refractivity contribution in [3.8, 4) is 0 Å². The van der Waals surface area contributed by atoms with Crippen LogP contribution in [0, 0.1) is 6.92 Å². The van der Waals surface area contributed by atoms with Crippen molar-refractivity contribution in [3.05, 3.63) is 65.2 Å². The molecule has 0 fully saturated rings. The van der Waals surface area contributed by atoms with Gasteiger partial charge < -0.3 is 10.6 Å². The van der Waals surface area contributed by atoms with Crippen LogP contribution in [0.25, 0.3) is 0 Å². The van der Waals surface area contributed by atoms with Gasteiger partial charge in [0.2, 0.25) is 11.8 Å². The number of carbonyl (C=O) groups is 2. The molecule has 0 spiro atoms. The minimum Gasteiger partial charge on any atom is -0.349 e. The van der Waals surface area contributed by atoms with Gasteiger partial charge in [-0.2, -0.15) is 0 Å². The Hall–Kier alpha value is -2.67. The van der Waals surface area contributed by atoms with Gasteiger partial charge in [-0.15, -0.1) is 0 Å². The zero-order chi connectivity index (χ0) is 20.3. The molecule has 1 aliphatic heterocycles. The molecule has 0 radical (unpaired) electrons. The lowest BCUT2D eigenvalue weighted by molar-refractivity contribution is -0.123. The third-order valence-electron chi connectivity index (χ3n) is 4.89. The second-order valence-corrected chi connectivity index (χ2v) is 9.21. The number of hydrogen-bond acceptors (Lipinski definition) is 4. The van der Waals surface area contributed by atoms with Crippen molar-refractivity contribution >= 4 is 21.7 Å². The molecule has 2 aromatic carbocycles. The summed E-state index contributed by atoms with van der Waals surface area (Å²) in [5.41, 5.74) is 2.56. The van der Waals surface area contributed by atoms with Crippen LogP contribution in [0.3, 0.4) is 0 Å². The maximum atomic E-state index is 12.7. The van der Waals surface area contributed by atoms with Gasteiger partial charge in [-0.1, -0.05) is 48.0 Å². The second kappa shape index (κ2) is 8.14. The predicted octanol–water partition coefficient (Wildman–Crippen LogP) is 2.60. The number of nitrogens with one attached hydrogen (secondary N) is 2. The van der Waals surface area contributed by atoms with Crippen LogP contribution >= 0.6 is 0 Å². The summed E-state index contributed by atoms with van der Waals surface area (Å²) in [6, 6.07) is 13.6. The van der Waals surface area contributed by atoms with Crippen LogP contribution < -0.4 is 10.6 Å². The first-order valence-electron chi connectivity index (χ1n) is 9.21. The lowest BCUT2D eigenvalue weighted by Gasteiger charge is -2.27. The highest BCUT2D eigenvalue weighted by Crippen LogP contribution is 2.32. The Morgan fingerprint density at radius 2 is 1.79 bits per heavy atom. The molecule has 2 amide bonds. The van der Waals surface area contributed by atoms with Crippen molar-refractivity contribution in [2.24, 2.45) is 0 Å².